The number of rotatable bonds is 2. The van der Waals surface area contributed by atoms with Gasteiger partial charge >= 0.3 is 0 Å². The van der Waals surface area contributed by atoms with Crippen LogP contribution in [0.2, 0.25) is 0 Å². The molecule has 0 aromatic heterocycles. The SMILES string of the molecule is Brc1ccc(Br)c2c(Br)c(-c3ccccc3)c(-c3ccccc3)c(Br)c12. The van der Waals surface area contributed by atoms with E-state index < -0.39 is 0 Å². The molecule has 4 heteroatoms. The third-order valence-corrected chi connectivity index (χ3v) is 7.26. The van der Waals surface area contributed by atoms with E-state index in [2.05, 4.69) is 124 Å². The summed E-state index contributed by atoms with van der Waals surface area (Å²) in [4.78, 5) is 0. The van der Waals surface area contributed by atoms with Crippen molar-refractivity contribution in [2.24, 2.45) is 0 Å². The van der Waals surface area contributed by atoms with Gasteiger partial charge in [0.2, 0.25) is 0 Å². The van der Waals surface area contributed by atoms with Gasteiger partial charge in [-0.2, -0.15) is 0 Å². The second-order valence-electron chi connectivity index (χ2n) is 5.89. The average Bonchev–Trinajstić information content (AvgIpc) is 2.67. The van der Waals surface area contributed by atoms with Crippen molar-refractivity contribution >= 4 is 74.5 Å². The maximum absolute atomic E-state index is 3.91. The highest BCUT2D eigenvalue weighted by Crippen LogP contribution is 2.50. The van der Waals surface area contributed by atoms with E-state index in [0.29, 0.717) is 0 Å². The van der Waals surface area contributed by atoms with Gasteiger partial charge < -0.3 is 0 Å². The Morgan fingerprint density at radius 1 is 0.423 bits per heavy atom. The zero-order chi connectivity index (χ0) is 18.3. The summed E-state index contributed by atoms with van der Waals surface area (Å²) in [6.45, 7) is 0. The molecule has 0 radical (unpaired) electrons. The zero-order valence-electron chi connectivity index (χ0n) is 13.4. The third kappa shape index (κ3) is 3.11. The Kier molecular flexibility index (Phi) is 5.38. The summed E-state index contributed by atoms with van der Waals surface area (Å²) in [6.07, 6.45) is 0. The molecule has 4 aromatic rings. The number of halogens is 4. The van der Waals surface area contributed by atoms with Crippen LogP contribution in [0.15, 0.2) is 90.7 Å². The zero-order valence-corrected chi connectivity index (χ0v) is 19.8. The van der Waals surface area contributed by atoms with Crippen molar-refractivity contribution in [3.05, 3.63) is 90.7 Å². The Morgan fingerprint density at radius 2 is 0.769 bits per heavy atom. The summed E-state index contributed by atoms with van der Waals surface area (Å²) in [5.74, 6) is 0. The van der Waals surface area contributed by atoms with Gasteiger partial charge in [-0.3, -0.25) is 0 Å². The van der Waals surface area contributed by atoms with Crippen LogP contribution in [0.1, 0.15) is 0 Å². The smallest absolute Gasteiger partial charge is 0.0350 e. The van der Waals surface area contributed by atoms with Gasteiger partial charge in [0.25, 0.3) is 0 Å². The van der Waals surface area contributed by atoms with E-state index in [9.17, 15) is 0 Å². The normalized spacial score (nSPS) is 11.1. The Morgan fingerprint density at radius 3 is 1.12 bits per heavy atom. The van der Waals surface area contributed by atoms with Crippen molar-refractivity contribution in [3.63, 3.8) is 0 Å². The van der Waals surface area contributed by atoms with E-state index in [1.807, 2.05) is 12.1 Å². The molecule has 128 valence electrons. The maximum Gasteiger partial charge on any atom is 0.0350 e. The van der Waals surface area contributed by atoms with Gasteiger partial charge in [0, 0.05) is 39.8 Å². The van der Waals surface area contributed by atoms with E-state index in [1.165, 1.54) is 22.3 Å². The lowest BCUT2D eigenvalue weighted by atomic mass is 9.91. The third-order valence-electron chi connectivity index (χ3n) is 4.36. The van der Waals surface area contributed by atoms with Crippen LogP contribution in [-0.2, 0) is 0 Å². The lowest BCUT2D eigenvalue weighted by Gasteiger charge is -2.20. The van der Waals surface area contributed by atoms with Crippen molar-refractivity contribution in [1.29, 1.82) is 0 Å². The second-order valence-corrected chi connectivity index (χ2v) is 9.18. The molecular formula is C22H12Br4. The van der Waals surface area contributed by atoms with Crippen LogP contribution in [0.3, 0.4) is 0 Å². The molecule has 0 bridgehead atoms. The van der Waals surface area contributed by atoms with Gasteiger partial charge in [0.05, 0.1) is 0 Å². The first kappa shape index (κ1) is 18.4. The molecule has 0 aliphatic heterocycles. The van der Waals surface area contributed by atoms with Crippen LogP contribution in [0.4, 0.5) is 0 Å². The molecule has 0 nitrogen and oxygen atoms in total. The second kappa shape index (κ2) is 7.59. The van der Waals surface area contributed by atoms with Crippen molar-refractivity contribution in [2.45, 2.75) is 0 Å². The summed E-state index contributed by atoms with van der Waals surface area (Å²) in [5, 5.41) is 2.29. The van der Waals surface area contributed by atoms with Crippen molar-refractivity contribution in [1.82, 2.24) is 0 Å². The lowest BCUT2D eigenvalue weighted by Crippen LogP contribution is -1.93. The van der Waals surface area contributed by atoms with Crippen LogP contribution >= 0.6 is 63.7 Å². The number of benzene rings is 4. The van der Waals surface area contributed by atoms with Gasteiger partial charge in [-0.15, -0.1) is 0 Å². The molecule has 0 N–H and O–H groups in total. The number of hydrogen-bond acceptors (Lipinski definition) is 0. The largest absolute Gasteiger partial charge is 0.0622 e. The molecule has 0 heterocycles. The van der Waals surface area contributed by atoms with Gasteiger partial charge in [0.1, 0.15) is 0 Å². The molecule has 4 aromatic carbocycles. The van der Waals surface area contributed by atoms with Crippen molar-refractivity contribution < 1.29 is 0 Å². The molecule has 0 saturated heterocycles. The van der Waals surface area contributed by atoms with E-state index >= 15 is 0 Å². The lowest BCUT2D eigenvalue weighted by molar-refractivity contribution is 1.55. The summed E-state index contributed by atoms with van der Waals surface area (Å²) >= 11 is 15.3. The highest BCUT2D eigenvalue weighted by atomic mass is 79.9. The average molecular weight is 596 g/mol. The molecule has 0 unspecified atom stereocenters. The van der Waals surface area contributed by atoms with Crippen LogP contribution in [-0.4, -0.2) is 0 Å². The molecule has 4 rings (SSSR count). The van der Waals surface area contributed by atoms with Gasteiger partial charge in [0.15, 0.2) is 0 Å². The Hall–Kier alpha value is -0.940. The molecule has 0 atom stereocenters. The fourth-order valence-electron chi connectivity index (χ4n) is 3.20. The summed E-state index contributed by atoms with van der Waals surface area (Å²) in [5.41, 5.74) is 4.70. The van der Waals surface area contributed by atoms with Crippen molar-refractivity contribution in [3.8, 4) is 22.3 Å². The van der Waals surface area contributed by atoms with Gasteiger partial charge in [-0.25, -0.2) is 0 Å². The minimum Gasteiger partial charge on any atom is -0.0622 e. The van der Waals surface area contributed by atoms with Crippen molar-refractivity contribution in [2.75, 3.05) is 0 Å². The molecule has 26 heavy (non-hydrogen) atoms. The Labute approximate surface area is 186 Å². The fourth-order valence-corrected chi connectivity index (χ4v) is 6.47. The molecule has 0 aliphatic carbocycles. The molecule has 0 aliphatic rings. The fraction of sp³-hybridized carbons (Fsp3) is 0. The van der Waals surface area contributed by atoms with E-state index in [-0.39, 0.29) is 0 Å². The quantitative estimate of drug-likeness (QED) is 0.217. The maximum atomic E-state index is 3.91. The first-order chi connectivity index (χ1) is 12.6. The predicted octanol–water partition coefficient (Wildman–Crippen LogP) is 9.22. The van der Waals surface area contributed by atoms with Gasteiger partial charge in [-0.05, 0) is 55.1 Å². The molecule has 0 spiro atoms. The topological polar surface area (TPSA) is 0 Å². The Bertz CT molecular complexity index is 1010. The van der Waals surface area contributed by atoms with Crippen LogP contribution in [0.25, 0.3) is 33.0 Å². The molecule has 0 amide bonds. The highest BCUT2D eigenvalue weighted by molar-refractivity contribution is 9.12. The summed E-state index contributed by atoms with van der Waals surface area (Å²) in [6, 6.07) is 25.1. The molecule has 0 saturated carbocycles. The van der Waals surface area contributed by atoms with E-state index in [0.717, 1.165) is 28.7 Å². The summed E-state index contributed by atoms with van der Waals surface area (Å²) < 4.78 is 4.27. The minimum atomic E-state index is 1.06. The summed E-state index contributed by atoms with van der Waals surface area (Å²) in [7, 11) is 0. The monoisotopic (exact) mass is 592 g/mol. The minimum absolute atomic E-state index is 1.06. The van der Waals surface area contributed by atoms with E-state index in [4.69, 9.17) is 0 Å². The first-order valence-corrected chi connectivity index (χ1v) is 11.2. The molecule has 0 fully saturated rings. The predicted molar refractivity (Wildman–Crippen MR) is 126 cm³/mol. The van der Waals surface area contributed by atoms with Crippen LogP contribution in [0, 0.1) is 0 Å². The van der Waals surface area contributed by atoms with Crippen LogP contribution < -0.4 is 0 Å². The number of hydrogen-bond donors (Lipinski definition) is 0. The first-order valence-electron chi connectivity index (χ1n) is 7.99. The van der Waals surface area contributed by atoms with E-state index in [1.54, 1.807) is 0 Å². The highest BCUT2D eigenvalue weighted by Gasteiger charge is 2.22. The van der Waals surface area contributed by atoms with Crippen LogP contribution in [0.5, 0.6) is 0 Å². The Balaban J connectivity index is 2.25. The van der Waals surface area contributed by atoms with Gasteiger partial charge in [-0.1, -0.05) is 92.5 Å². The standard InChI is InChI=1S/C22H12Br4/c23-15-11-12-16(24)20-19(15)21(25)17(13-7-3-1-4-8-13)18(22(20)26)14-9-5-2-6-10-14/h1-12H. The number of fused-ring (bicyclic) bond motifs is 1. The molecular weight excluding hydrogens is 584 g/mol.